The number of carbonyl (C=O) groups excluding carboxylic acids is 1. The fourth-order valence-electron chi connectivity index (χ4n) is 2.39. The van der Waals surface area contributed by atoms with E-state index in [0.717, 1.165) is 16.3 Å². The van der Waals surface area contributed by atoms with Gasteiger partial charge in [0.15, 0.2) is 0 Å². The Morgan fingerprint density at radius 2 is 1.87 bits per heavy atom. The van der Waals surface area contributed by atoms with Crippen molar-refractivity contribution in [1.82, 2.24) is 10.3 Å². The number of nitrogens with one attached hydrogen (secondary N) is 2. The molecular weight excluding hydrogens is 290 g/mol. The Kier molecular flexibility index (Phi) is 3.89. The van der Waals surface area contributed by atoms with Gasteiger partial charge < -0.3 is 10.3 Å². The molecule has 0 fully saturated rings. The molecule has 2 N–H and O–H groups in total. The van der Waals surface area contributed by atoms with Crippen LogP contribution in [0.3, 0.4) is 0 Å². The van der Waals surface area contributed by atoms with Crippen molar-refractivity contribution in [1.29, 1.82) is 5.26 Å². The number of nitriles is 1. The van der Waals surface area contributed by atoms with Crippen LogP contribution in [0.25, 0.3) is 22.0 Å². The van der Waals surface area contributed by atoms with Crippen LogP contribution < -0.4 is 10.9 Å². The maximum Gasteiger partial charge on any atom is 0.261 e. The molecule has 5 nitrogen and oxygen atoms in total. The predicted octanol–water partition coefficient (Wildman–Crippen LogP) is 2.45. The van der Waals surface area contributed by atoms with Crippen molar-refractivity contribution in [3.8, 4) is 17.3 Å². The van der Waals surface area contributed by atoms with Crippen molar-refractivity contribution >= 4 is 16.7 Å². The average molecular weight is 303 g/mol. The summed E-state index contributed by atoms with van der Waals surface area (Å²) in [6.07, 6.45) is 0. The first-order chi connectivity index (χ1) is 11.2. The summed E-state index contributed by atoms with van der Waals surface area (Å²) in [6.45, 7) is -0.134. The van der Waals surface area contributed by atoms with Crippen LogP contribution in [0.1, 0.15) is 10.4 Å². The van der Waals surface area contributed by atoms with E-state index in [1.54, 1.807) is 12.1 Å². The number of hydrogen-bond acceptors (Lipinski definition) is 3. The number of pyridine rings is 1. The fraction of sp³-hybridized carbons (Fsp3) is 0.0556. The lowest BCUT2D eigenvalue weighted by Crippen LogP contribution is -2.29. The molecule has 1 aromatic heterocycles. The Morgan fingerprint density at radius 3 is 2.61 bits per heavy atom. The zero-order valence-corrected chi connectivity index (χ0v) is 12.2. The van der Waals surface area contributed by atoms with Gasteiger partial charge in [-0.05, 0) is 34.5 Å². The molecule has 5 heteroatoms. The lowest BCUT2D eigenvalue weighted by molar-refractivity contribution is 0.0957. The summed E-state index contributed by atoms with van der Waals surface area (Å²) >= 11 is 0. The van der Waals surface area contributed by atoms with Crippen molar-refractivity contribution in [2.45, 2.75) is 0 Å². The van der Waals surface area contributed by atoms with Crippen molar-refractivity contribution in [3.05, 3.63) is 70.5 Å². The molecule has 0 saturated carbocycles. The number of aromatic amines is 1. The van der Waals surface area contributed by atoms with Crippen molar-refractivity contribution in [3.63, 3.8) is 0 Å². The summed E-state index contributed by atoms with van der Waals surface area (Å²) in [5.41, 5.74) is 1.01. The zero-order valence-electron chi connectivity index (χ0n) is 12.2. The molecule has 0 atom stereocenters. The van der Waals surface area contributed by atoms with E-state index in [2.05, 4.69) is 10.3 Å². The van der Waals surface area contributed by atoms with Crippen LogP contribution in [0.4, 0.5) is 0 Å². The molecule has 1 amide bonds. The van der Waals surface area contributed by atoms with Gasteiger partial charge in [-0.1, -0.05) is 36.4 Å². The summed E-state index contributed by atoms with van der Waals surface area (Å²) in [6, 6.07) is 18.8. The molecule has 0 spiro atoms. The predicted molar refractivity (Wildman–Crippen MR) is 88.0 cm³/mol. The standard InChI is InChI=1S/C18H13N3O2/c19-9-10-20-17(22)15-7-8-16(21-18(15)23)14-6-5-12-3-1-2-4-13(12)11-14/h1-8,11H,10H2,(H,20,22)(H,21,23). The number of hydrogen-bond donors (Lipinski definition) is 2. The maximum absolute atomic E-state index is 12.1. The Hall–Kier alpha value is -3.39. The highest BCUT2D eigenvalue weighted by Crippen LogP contribution is 2.22. The number of H-pyrrole nitrogens is 1. The van der Waals surface area contributed by atoms with E-state index < -0.39 is 11.5 Å². The number of fused-ring (bicyclic) bond motifs is 1. The monoisotopic (exact) mass is 303 g/mol. The van der Waals surface area contributed by atoms with Gasteiger partial charge in [-0.2, -0.15) is 5.26 Å². The topological polar surface area (TPSA) is 85.8 Å². The molecule has 3 aromatic rings. The Balaban J connectivity index is 1.97. The Labute approximate surface area is 132 Å². The smallest absolute Gasteiger partial charge is 0.261 e. The second kappa shape index (κ2) is 6.16. The van der Waals surface area contributed by atoms with E-state index in [1.165, 1.54) is 6.07 Å². The van der Waals surface area contributed by atoms with Crippen LogP contribution in [0.2, 0.25) is 0 Å². The van der Waals surface area contributed by atoms with Crippen LogP contribution in [0.5, 0.6) is 0 Å². The number of benzene rings is 2. The number of aromatic nitrogens is 1. The van der Waals surface area contributed by atoms with Crippen LogP contribution in [0, 0.1) is 11.3 Å². The zero-order chi connectivity index (χ0) is 16.2. The van der Waals surface area contributed by atoms with Gasteiger partial charge in [-0.25, -0.2) is 0 Å². The van der Waals surface area contributed by atoms with Gasteiger partial charge in [0, 0.05) is 5.69 Å². The number of rotatable bonds is 3. The molecule has 0 saturated heterocycles. The molecule has 0 radical (unpaired) electrons. The fourth-order valence-corrected chi connectivity index (χ4v) is 2.39. The average Bonchev–Trinajstić information content (AvgIpc) is 2.59. The highest BCUT2D eigenvalue weighted by molar-refractivity contribution is 5.94. The highest BCUT2D eigenvalue weighted by Gasteiger charge is 2.11. The molecule has 0 aliphatic carbocycles. The number of carbonyl (C=O) groups is 1. The Bertz CT molecular complexity index is 983. The van der Waals surface area contributed by atoms with Crippen LogP contribution in [-0.2, 0) is 0 Å². The van der Waals surface area contributed by atoms with Gasteiger partial charge in [-0.15, -0.1) is 0 Å². The van der Waals surface area contributed by atoms with E-state index in [9.17, 15) is 9.59 Å². The molecule has 0 unspecified atom stereocenters. The molecule has 2 aromatic carbocycles. The highest BCUT2D eigenvalue weighted by atomic mass is 16.2. The van der Waals surface area contributed by atoms with Crippen molar-refractivity contribution in [2.24, 2.45) is 0 Å². The van der Waals surface area contributed by atoms with Gasteiger partial charge in [0.05, 0.1) is 6.07 Å². The summed E-state index contributed by atoms with van der Waals surface area (Å²) in [4.78, 5) is 26.6. The third kappa shape index (κ3) is 2.97. The van der Waals surface area contributed by atoms with E-state index in [-0.39, 0.29) is 12.1 Å². The minimum Gasteiger partial charge on any atom is -0.339 e. The van der Waals surface area contributed by atoms with E-state index in [4.69, 9.17) is 5.26 Å². The summed E-state index contributed by atoms with van der Waals surface area (Å²) < 4.78 is 0. The molecule has 3 rings (SSSR count). The lowest BCUT2D eigenvalue weighted by Gasteiger charge is -2.06. The van der Waals surface area contributed by atoms with E-state index in [0.29, 0.717) is 5.69 Å². The third-order valence-electron chi connectivity index (χ3n) is 3.54. The molecule has 0 bridgehead atoms. The molecule has 0 aliphatic heterocycles. The second-order valence-electron chi connectivity index (χ2n) is 5.02. The van der Waals surface area contributed by atoms with Gasteiger partial charge in [-0.3, -0.25) is 9.59 Å². The quantitative estimate of drug-likeness (QED) is 0.729. The summed E-state index contributed by atoms with van der Waals surface area (Å²) in [5.74, 6) is -0.558. The van der Waals surface area contributed by atoms with E-state index >= 15 is 0 Å². The molecule has 1 heterocycles. The van der Waals surface area contributed by atoms with Gasteiger partial charge in [0.2, 0.25) is 0 Å². The first-order valence-corrected chi connectivity index (χ1v) is 7.07. The van der Waals surface area contributed by atoms with Gasteiger partial charge in [0.1, 0.15) is 12.1 Å². The minimum atomic E-state index is -0.558. The van der Waals surface area contributed by atoms with Crippen LogP contribution in [0.15, 0.2) is 59.4 Å². The molecule has 23 heavy (non-hydrogen) atoms. The van der Waals surface area contributed by atoms with E-state index in [1.807, 2.05) is 42.5 Å². The van der Waals surface area contributed by atoms with Crippen LogP contribution in [-0.4, -0.2) is 17.4 Å². The first-order valence-electron chi connectivity index (χ1n) is 7.07. The SMILES string of the molecule is N#CCNC(=O)c1ccc(-c2ccc3ccccc3c2)[nH]c1=O. The maximum atomic E-state index is 12.1. The Morgan fingerprint density at radius 1 is 1.09 bits per heavy atom. The minimum absolute atomic E-state index is 0.00945. The van der Waals surface area contributed by atoms with Crippen molar-refractivity contribution < 1.29 is 4.79 Å². The molecular formula is C18H13N3O2. The summed E-state index contributed by atoms with van der Waals surface area (Å²) in [5, 5.41) is 13.0. The molecule has 112 valence electrons. The van der Waals surface area contributed by atoms with Gasteiger partial charge in [0.25, 0.3) is 11.5 Å². The number of nitrogens with zero attached hydrogens (tertiary/aromatic N) is 1. The van der Waals surface area contributed by atoms with Gasteiger partial charge >= 0.3 is 0 Å². The normalized spacial score (nSPS) is 10.2. The molecule has 0 aliphatic rings. The van der Waals surface area contributed by atoms with Crippen LogP contribution >= 0.6 is 0 Å². The largest absolute Gasteiger partial charge is 0.339 e. The lowest BCUT2D eigenvalue weighted by atomic mass is 10.0. The third-order valence-corrected chi connectivity index (χ3v) is 3.54. The number of amides is 1. The second-order valence-corrected chi connectivity index (χ2v) is 5.02. The summed E-state index contributed by atoms with van der Waals surface area (Å²) in [7, 11) is 0. The first kappa shape index (κ1) is 14.5. The van der Waals surface area contributed by atoms with Crippen molar-refractivity contribution in [2.75, 3.05) is 6.54 Å².